The highest BCUT2D eigenvalue weighted by Gasteiger charge is 2.43. The van der Waals surface area contributed by atoms with E-state index in [1.54, 1.807) is 0 Å². The van der Waals surface area contributed by atoms with Crippen LogP contribution in [0, 0.1) is 5.92 Å². The lowest BCUT2D eigenvalue weighted by Crippen LogP contribution is -2.59. The summed E-state index contributed by atoms with van der Waals surface area (Å²) in [5.74, 6) is -2.85. The van der Waals surface area contributed by atoms with Crippen LogP contribution in [0.1, 0.15) is 75.8 Å². The smallest absolute Gasteiger partial charge is 0.315 e. The molecule has 5 N–H and O–H groups in total. The van der Waals surface area contributed by atoms with Gasteiger partial charge in [0.15, 0.2) is 0 Å². The van der Waals surface area contributed by atoms with Crippen molar-refractivity contribution < 1.29 is 24.0 Å². The first-order valence-corrected chi connectivity index (χ1v) is 14.4. The van der Waals surface area contributed by atoms with E-state index in [-0.39, 0.29) is 30.3 Å². The van der Waals surface area contributed by atoms with Gasteiger partial charge in [0.25, 0.3) is 5.91 Å². The molecule has 5 amide bonds. The molecule has 212 valence electrons. The third-order valence-corrected chi connectivity index (χ3v) is 8.34. The largest absolute Gasteiger partial charge is 0.363 e. The summed E-state index contributed by atoms with van der Waals surface area (Å²) in [6.07, 6.45) is 8.41. The standard InChI is InChI=1S/C29H41N5O5/c1-2-9-22(25(35)26(30)36)32-27(37)23-14-8-15-34(23)28(38)24(20-16-18-10-6-7-11-19(18)17-20)33-29(39)31-21-12-4-3-5-13-21/h6-7,10-11,20-24H,2-5,8-9,12-17H2,1H3,(H2,30,36)(H,32,37)(H2,31,33,39)/t22?,23-,24-/m0/s1. The minimum atomic E-state index is -1.10. The summed E-state index contributed by atoms with van der Waals surface area (Å²) in [5, 5.41) is 8.70. The minimum absolute atomic E-state index is 0.0962. The predicted octanol–water partition coefficient (Wildman–Crippen LogP) is 1.73. The number of nitrogens with zero attached hydrogens (tertiary/aromatic N) is 1. The van der Waals surface area contributed by atoms with Gasteiger partial charge >= 0.3 is 6.03 Å². The molecule has 10 nitrogen and oxygen atoms in total. The fraction of sp³-hybridized carbons (Fsp3) is 0.621. The van der Waals surface area contributed by atoms with Crippen LogP contribution in [0.15, 0.2) is 24.3 Å². The molecule has 1 saturated heterocycles. The molecule has 4 rings (SSSR count). The lowest BCUT2D eigenvalue weighted by molar-refractivity contribution is -0.142. The zero-order valence-electron chi connectivity index (χ0n) is 22.7. The second-order valence-corrected chi connectivity index (χ2v) is 11.1. The van der Waals surface area contributed by atoms with Crippen LogP contribution in [0.3, 0.4) is 0 Å². The molecule has 10 heteroatoms. The van der Waals surface area contributed by atoms with Crippen LogP contribution in [-0.2, 0) is 32.0 Å². The van der Waals surface area contributed by atoms with Gasteiger partial charge in [-0.05, 0) is 62.0 Å². The average molecular weight is 540 g/mol. The topological polar surface area (TPSA) is 151 Å². The number of rotatable bonds is 10. The van der Waals surface area contributed by atoms with Gasteiger partial charge in [0, 0.05) is 12.6 Å². The number of nitrogens with one attached hydrogen (secondary N) is 3. The number of carbonyl (C=O) groups excluding carboxylic acids is 5. The summed E-state index contributed by atoms with van der Waals surface area (Å²) in [6, 6.07) is 5.19. The van der Waals surface area contributed by atoms with E-state index in [9.17, 15) is 24.0 Å². The van der Waals surface area contributed by atoms with E-state index in [1.807, 2.05) is 19.1 Å². The molecule has 0 bridgehead atoms. The van der Waals surface area contributed by atoms with Crippen molar-refractivity contribution in [3.05, 3.63) is 35.4 Å². The summed E-state index contributed by atoms with van der Waals surface area (Å²) in [5.41, 5.74) is 7.51. The van der Waals surface area contributed by atoms with Crippen molar-refractivity contribution in [2.24, 2.45) is 11.7 Å². The van der Waals surface area contributed by atoms with Crippen LogP contribution in [0.2, 0.25) is 0 Å². The molecule has 1 aromatic carbocycles. The molecule has 1 heterocycles. The van der Waals surface area contributed by atoms with Gasteiger partial charge in [-0.1, -0.05) is 56.9 Å². The Morgan fingerprint density at radius 3 is 2.23 bits per heavy atom. The summed E-state index contributed by atoms with van der Waals surface area (Å²) in [7, 11) is 0. The Labute approximate surface area is 229 Å². The molecule has 1 aromatic rings. The number of nitrogens with two attached hydrogens (primary N) is 1. The van der Waals surface area contributed by atoms with Crippen LogP contribution < -0.4 is 21.7 Å². The van der Waals surface area contributed by atoms with Crippen molar-refractivity contribution in [2.75, 3.05) is 6.54 Å². The van der Waals surface area contributed by atoms with Crippen LogP contribution >= 0.6 is 0 Å². The highest BCUT2D eigenvalue weighted by Crippen LogP contribution is 2.31. The molecule has 0 aromatic heterocycles. The van der Waals surface area contributed by atoms with E-state index in [0.717, 1.165) is 36.8 Å². The molecule has 0 spiro atoms. The lowest BCUT2D eigenvalue weighted by Gasteiger charge is -2.32. The summed E-state index contributed by atoms with van der Waals surface area (Å²) < 4.78 is 0. The van der Waals surface area contributed by atoms with Gasteiger partial charge in [0.05, 0.1) is 6.04 Å². The Morgan fingerprint density at radius 1 is 0.949 bits per heavy atom. The molecule has 0 radical (unpaired) electrons. The Hall–Kier alpha value is -3.43. The van der Waals surface area contributed by atoms with Gasteiger partial charge in [0.2, 0.25) is 17.6 Å². The van der Waals surface area contributed by atoms with Crippen LogP contribution in [-0.4, -0.2) is 65.1 Å². The van der Waals surface area contributed by atoms with Crippen LogP contribution in [0.4, 0.5) is 4.79 Å². The van der Waals surface area contributed by atoms with Gasteiger partial charge in [-0.2, -0.15) is 0 Å². The third kappa shape index (κ3) is 6.96. The maximum Gasteiger partial charge on any atom is 0.315 e. The predicted molar refractivity (Wildman–Crippen MR) is 145 cm³/mol. The fourth-order valence-corrected chi connectivity index (χ4v) is 6.30. The number of Topliss-reactive ketones (excluding diaryl/α,β-unsaturated/α-hetero) is 1. The second-order valence-electron chi connectivity index (χ2n) is 11.1. The maximum absolute atomic E-state index is 14.0. The van der Waals surface area contributed by atoms with E-state index in [0.29, 0.717) is 38.6 Å². The molecule has 1 unspecified atom stereocenters. The van der Waals surface area contributed by atoms with E-state index in [4.69, 9.17) is 5.73 Å². The molecule has 3 atom stereocenters. The highest BCUT2D eigenvalue weighted by molar-refractivity contribution is 6.37. The van der Waals surface area contributed by atoms with Gasteiger partial charge in [-0.15, -0.1) is 0 Å². The number of hydrogen-bond acceptors (Lipinski definition) is 5. The van der Waals surface area contributed by atoms with Crippen molar-refractivity contribution in [2.45, 2.75) is 102 Å². The Balaban J connectivity index is 1.50. The lowest BCUT2D eigenvalue weighted by atomic mass is 9.94. The number of urea groups is 1. The van der Waals surface area contributed by atoms with Crippen molar-refractivity contribution in [1.82, 2.24) is 20.9 Å². The molecule has 3 aliphatic rings. The minimum Gasteiger partial charge on any atom is -0.363 e. The first-order chi connectivity index (χ1) is 18.8. The van der Waals surface area contributed by atoms with Gasteiger partial charge < -0.3 is 26.6 Å². The highest BCUT2D eigenvalue weighted by atomic mass is 16.2. The molecular weight excluding hydrogens is 498 g/mol. The number of ketones is 1. The van der Waals surface area contributed by atoms with E-state index in [1.165, 1.54) is 11.3 Å². The third-order valence-electron chi connectivity index (χ3n) is 8.34. The normalized spacial score (nSPS) is 21.1. The van der Waals surface area contributed by atoms with E-state index < -0.39 is 35.7 Å². The first kappa shape index (κ1) is 28.6. The Kier molecular flexibility index (Phi) is 9.59. The Morgan fingerprint density at radius 2 is 1.62 bits per heavy atom. The quantitative estimate of drug-likeness (QED) is 0.334. The monoisotopic (exact) mass is 539 g/mol. The van der Waals surface area contributed by atoms with Gasteiger partial charge in [-0.25, -0.2) is 4.79 Å². The number of likely N-dealkylation sites (tertiary alicyclic amines) is 1. The maximum atomic E-state index is 14.0. The first-order valence-electron chi connectivity index (χ1n) is 14.4. The van der Waals surface area contributed by atoms with Gasteiger partial charge in [0.1, 0.15) is 12.1 Å². The second kappa shape index (κ2) is 13.1. The van der Waals surface area contributed by atoms with E-state index >= 15 is 0 Å². The summed E-state index contributed by atoms with van der Waals surface area (Å²) in [4.78, 5) is 65.7. The molecule has 2 fully saturated rings. The molecule has 2 aliphatic carbocycles. The molecular formula is C29H41N5O5. The number of carbonyl (C=O) groups is 5. The zero-order valence-corrected chi connectivity index (χ0v) is 22.7. The van der Waals surface area contributed by atoms with Crippen molar-refractivity contribution in [3.63, 3.8) is 0 Å². The summed E-state index contributed by atoms with van der Waals surface area (Å²) >= 11 is 0. The number of benzene rings is 1. The molecule has 39 heavy (non-hydrogen) atoms. The van der Waals surface area contributed by atoms with E-state index in [2.05, 4.69) is 28.1 Å². The molecule has 1 aliphatic heterocycles. The zero-order chi connectivity index (χ0) is 27.9. The number of hydrogen-bond donors (Lipinski definition) is 4. The van der Waals surface area contributed by atoms with Crippen molar-refractivity contribution >= 4 is 29.5 Å². The SMILES string of the molecule is CCCC(NC(=O)[C@@H]1CCCN1C(=O)[C@@H](NC(=O)NC1CCCCC1)C1Cc2ccccc2C1)C(=O)C(N)=O. The Bertz CT molecular complexity index is 1060. The fourth-order valence-electron chi connectivity index (χ4n) is 6.30. The van der Waals surface area contributed by atoms with Gasteiger partial charge in [-0.3, -0.25) is 19.2 Å². The summed E-state index contributed by atoms with van der Waals surface area (Å²) in [6.45, 7) is 2.22. The molecule has 1 saturated carbocycles. The number of primary amides is 1. The number of amides is 5. The average Bonchev–Trinajstić information content (AvgIpc) is 3.59. The van der Waals surface area contributed by atoms with Crippen molar-refractivity contribution in [1.29, 1.82) is 0 Å². The van der Waals surface area contributed by atoms with Crippen LogP contribution in [0.25, 0.3) is 0 Å². The van der Waals surface area contributed by atoms with Crippen LogP contribution in [0.5, 0.6) is 0 Å². The van der Waals surface area contributed by atoms with Crippen molar-refractivity contribution in [3.8, 4) is 0 Å². The number of fused-ring (bicyclic) bond motifs is 1.